The first kappa shape index (κ1) is 9.83. The molecule has 2 fully saturated rings. The number of fused-ring (bicyclic) bond motifs is 1. The van der Waals surface area contributed by atoms with E-state index in [4.69, 9.17) is 5.73 Å². The van der Waals surface area contributed by atoms with Crippen LogP contribution in [0.15, 0.2) is 0 Å². The monoisotopic (exact) mass is 204 g/mol. The Balaban J connectivity index is 2.05. The second-order valence-corrected chi connectivity index (χ2v) is 4.17. The maximum atomic E-state index is 13.3. The summed E-state index contributed by atoms with van der Waals surface area (Å²) >= 11 is 0. The van der Waals surface area contributed by atoms with Gasteiger partial charge < -0.3 is 10.6 Å². The van der Waals surface area contributed by atoms with Crippen LogP contribution in [0.3, 0.4) is 0 Å². The Morgan fingerprint density at radius 3 is 2.79 bits per heavy atom. The minimum atomic E-state index is -2.58. The summed E-state index contributed by atoms with van der Waals surface area (Å²) in [5, 5.41) is 0. The molecule has 5 heteroatoms. The van der Waals surface area contributed by atoms with Crippen molar-refractivity contribution in [3.05, 3.63) is 0 Å². The normalized spacial score (nSPS) is 34.6. The van der Waals surface area contributed by atoms with Gasteiger partial charge in [0.15, 0.2) is 0 Å². The molecule has 3 nitrogen and oxygen atoms in total. The molecule has 0 aromatic carbocycles. The van der Waals surface area contributed by atoms with Crippen LogP contribution in [-0.2, 0) is 4.79 Å². The lowest BCUT2D eigenvalue weighted by atomic mass is 9.99. The van der Waals surface area contributed by atoms with Crippen molar-refractivity contribution in [2.75, 3.05) is 19.6 Å². The molecular weight excluding hydrogens is 190 g/mol. The summed E-state index contributed by atoms with van der Waals surface area (Å²) in [4.78, 5) is 12.7. The van der Waals surface area contributed by atoms with Gasteiger partial charge in [-0.2, -0.15) is 0 Å². The van der Waals surface area contributed by atoms with E-state index in [2.05, 4.69) is 0 Å². The zero-order chi connectivity index (χ0) is 10.3. The number of rotatable bonds is 1. The summed E-state index contributed by atoms with van der Waals surface area (Å²) in [6.07, 6.45) is 0.513. The zero-order valence-electron chi connectivity index (χ0n) is 7.88. The molecule has 0 aromatic heterocycles. The van der Waals surface area contributed by atoms with Crippen molar-refractivity contribution in [2.45, 2.75) is 18.8 Å². The van der Waals surface area contributed by atoms with Gasteiger partial charge in [0.05, 0.1) is 6.54 Å². The summed E-state index contributed by atoms with van der Waals surface area (Å²) in [5.41, 5.74) is 5.19. The molecule has 2 atom stereocenters. The minimum Gasteiger partial charge on any atom is -0.341 e. The minimum absolute atomic E-state index is 0.0134. The van der Waals surface area contributed by atoms with Crippen LogP contribution in [0, 0.1) is 11.8 Å². The fourth-order valence-electron chi connectivity index (χ4n) is 2.54. The molecule has 1 amide bonds. The van der Waals surface area contributed by atoms with Gasteiger partial charge in [-0.15, -0.1) is 0 Å². The number of nitrogens with zero attached hydrogens (tertiary/aromatic N) is 1. The van der Waals surface area contributed by atoms with Gasteiger partial charge in [-0.3, -0.25) is 4.79 Å². The molecule has 80 valence electrons. The first-order chi connectivity index (χ1) is 6.54. The summed E-state index contributed by atoms with van der Waals surface area (Å²) in [6, 6.07) is 0. The molecule has 0 bridgehead atoms. The topological polar surface area (TPSA) is 46.3 Å². The fraction of sp³-hybridized carbons (Fsp3) is 0.889. The first-order valence-corrected chi connectivity index (χ1v) is 4.90. The van der Waals surface area contributed by atoms with E-state index in [-0.39, 0.29) is 31.3 Å². The number of halogens is 2. The van der Waals surface area contributed by atoms with E-state index >= 15 is 0 Å². The maximum absolute atomic E-state index is 13.3. The van der Waals surface area contributed by atoms with Crippen LogP contribution in [-0.4, -0.2) is 36.4 Å². The highest BCUT2D eigenvalue weighted by Gasteiger charge is 2.54. The second kappa shape index (κ2) is 3.15. The van der Waals surface area contributed by atoms with Gasteiger partial charge in [0, 0.05) is 25.4 Å². The summed E-state index contributed by atoms with van der Waals surface area (Å²) < 4.78 is 26.5. The van der Waals surface area contributed by atoms with E-state index in [9.17, 15) is 13.6 Å². The third kappa shape index (κ3) is 1.39. The standard InChI is InChI=1S/C9H14F2N2O/c10-9(11)2-1-6-4-13(5-7(6)9)8(14)3-12/h6-7H,1-5,12H2/t6-,7-/m0/s1. The number of amides is 1. The SMILES string of the molecule is NCC(=O)N1C[C@@H]2CCC(F)(F)[C@H]2C1. The van der Waals surface area contributed by atoms with Crippen molar-refractivity contribution in [1.29, 1.82) is 0 Å². The number of alkyl halides is 2. The van der Waals surface area contributed by atoms with Crippen molar-refractivity contribution in [2.24, 2.45) is 17.6 Å². The van der Waals surface area contributed by atoms with Gasteiger partial charge in [-0.05, 0) is 12.3 Å². The van der Waals surface area contributed by atoms with E-state index in [0.717, 1.165) is 0 Å². The summed E-state index contributed by atoms with van der Waals surface area (Å²) in [6.45, 7) is 0.578. The zero-order valence-corrected chi connectivity index (χ0v) is 7.88. The Labute approximate surface area is 81.2 Å². The predicted octanol–water partition coefficient (Wildman–Crippen LogP) is 0.449. The highest BCUT2D eigenvalue weighted by molar-refractivity contribution is 5.78. The number of carbonyl (C=O) groups is 1. The van der Waals surface area contributed by atoms with Gasteiger partial charge >= 0.3 is 0 Å². The molecule has 2 N–H and O–H groups in total. The molecular formula is C9H14F2N2O. The van der Waals surface area contributed by atoms with Crippen molar-refractivity contribution >= 4 is 5.91 Å². The third-order valence-electron chi connectivity index (χ3n) is 3.36. The van der Waals surface area contributed by atoms with Gasteiger partial charge in [0.2, 0.25) is 5.91 Å². The highest BCUT2D eigenvalue weighted by Crippen LogP contribution is 2.48. The first-order valence-electron chi connectivity index (χ1n) is 4.90. The second-order valence-electron chi connectivity index (χ2n) is 4.17. The smallest absolute Gasteiger partial charge is 0.252 e. The van der Waals surface area contributed by atoms with Gasteiger partial charge in [0.25, 0.3) is 5.92 Å². The number of nitrogens with two attached hydrogens (primary N) is 1. The fourth-order valence-corrected chi connectivity index (χ4v) is 2.54. The lowest BCUT2D eigenvalue weighted by molar-refractivity contribution is -0.129. The number of likely N-dealkylation sites (tertiary alicyclic amines) is 1. The molecule has 0 radical (unpaired) electrons. The molecule has 1 saturated heterocycles. The molecule has 0 aromatic rings. The van der Waals surface area contributed by atoms with E-state index in [1.807, 2.05) is 0 Å². The molecule has 1 saturated carbocycles. The van der Waals surface area contributed by atoms with Crippen LogP contribution >= 0.6 is 0 Å². The van der Waals surface area contributed by atoms with E-state index in [1.54, 1.807) is 0 Å². The van der Waals surface area contributed by atoms with Crippen LogP contribution < -0.4 is 5.73 Å². The third-order valence-corrected chi connectivity index (χ3v) is 3.36. The van der Waals surface area contributed by atoms with Crippen molar-refractivity contribution < 1.29 is 13.6 Å². The van der Waals surface area contributed by atoms with Crippen molar-refractivity contribution in [3.8, 4) is 0 Å². The lowest BCUT2D eigenvalue weighted by Crippen LogP contribution is -2.36. The summed E-state index contributed by atoms with van der Waals surface area (Å²) in [5.74, 6) is -3.43. The molecule has 0 spiro atoms. The average molecular weight is 204 g/mol. The maximum Gasteiger partial charge on any atom is 0.252 e. The van der Waals surface area contributed by atoms with Crippen LogP contribution in [0.25, 0.3) is 0 Å². The van der Waals surface area contributed by atoms with Crippen molar-refractivity contribution in [1.82, 2.24) is 4.90 Å². The van der Waals surface area contributed by atoms with Crippen molar-refractivity contribution in [3.63, 3.8) is 0 Å². The Bertz CT molecular complexity index is 257. The quantitative estimate of drug-likeness (QED) is 0.674. The van der Waals surface area contributed by atoms with Gasteiger partial charge in [-0.1, -0.05) is 0 Å². The summed E-state index contributed by atoms with van der Waals surface area (Å²) in [7, 11) is 0. The van der Waals surface area contributed by atoms with E-state index in [0.29, 0.717) is 13.0 Å². The van der Waals surface area contributed by atoms with Crippen LogP contribution in [0.1, 0.15) is 12.8 Å². The Morgan fingerprint density at radius 2 is 2.21 bits per heavy atom. The molecule has 1 aliphatic heterocycles. The molecule has 1 heterocycles. The van der Waals surface area contributed by atoms with Crippen LogP contribution in [0.2, 0.25) is 0 Å². The Morgan fingerprint density at radius 1 is 1.50 bits per heavy atom. The predicted molar refractivity (Wildman–Crippen MR) is 46.8 cm³/mol. The molecule has 2 aliphatic rings. The Hall–Kier alpha value is -0.710. The highest BCUT2D eigenvalue weighted by atomic mass is 19.3. The number of carbonyl (C=O) groups excluding carboxylic acids is 1. The molecule has 0 unspecified atom stereocenters. The van der Waals surface area contributed by atoms with Crippen LogP contribution in [0.4, 0.5) is 8.78 Å². The van der Waals surface area contributed by atoms with E-state index < -0.39 is 11.8 Å². The lowest BCUT2D eigenvalue weighted by Gasteiger charge is -2.19. The number of hydrogen-bond acceptors (Lipinski definition) is 2. The van der Waals surface area contributed by atoms with Gasteiger partial charge in [-0.25, -0.2) is 8.78 Å². The number of hydrogen-bond donors (Lipinski definition) is 1. The average Bonchev–Trinajstić information content (AvgIpc) is 2.67. The molecule has 1 aliphatic carbocycles. The largest absolute Gasteiger partial charge is 0.341 e. The van der Waals surface area contributed by atoms with Crippen LogP contribution in [0.5, 0.6) is 0 Å². The molecule has 2 rings (SSSR count). The van der Waals surface area contributed by atoms with Gasteiger partial charge in [0.1, 0.15) is 0 Å². The van der Waals surface area contributed by atoms with E-state index in [1.165, 1.54) is 4.90 Å². The molecule has 14 heavy (non-hydrogen) atoms. The Kier molecular flexibility index (Phi) is 2.21.